The number of allylic oxidation sites excluding steroid dienone is 10. The van der Waals surface area contributed by atoms with Crippen LogP contribution < -0.4 is 0 Å². The second-order valence-corrected chi connectivity index (χ2v) is 19.3. The van der Waals surface area contributed by atoms with E-state index in [1.807, 2.05) is 0 Å². The Morgan fingerprint density at radius 2 is 1.10 bits per heavy atom. The fourth-order valence-electron chi connectivity index (χ4n) is 13.9. The van der Waals surface area contributed by atoms with E-state index in [4.69, 9.17) is 9.97 Å². The molecular weight excluding hydrogens is 725 g/mol. The minimum Gasteiger partial charge on any atom is -0.244 e. The number of nitrogens with zero attached hydrogens (tertiary/aromatic N) is 2. The second kappa shape index (κ2) is 14.7. The van der Waals surface area contributed by atoms with Gasteiger partial charge in [0.1, 0.15) is 0 Å². The molecule has 1 aromatic heterocycles. The van der Waals surface area contributed by atoms with E-state index in [0.717, 1.165) is 64.1 Å². The van der Waals surface area contributed by atoms with E-state index in [1.165, 1.54) is 93.8 Å². The van der Waals surface area contributed by atoms with Gasteiger partial charge in [-0.05, 0) is 108 Å². The summed E-state index contributed by atoms with van der Waals surface area (Å²) in [5, 5.41) is 0. The first-order valence-corrected chi connectivity index (χ1v) is 23.4. The van der Waals surface area contributed by atoms with E-state index in [1.54, 1.807) is 22.3 Å². The van der Waals surface area contributed by atoms with Gasteiger partial charge in [-0.15, -0.1) is 0 Å². The zero-order valence-electron chi connectivity index (χ0n) is 35.0. The minimum atomic E-state index is 0.293. The lowest BCUT2D eigenvalue weighted by atomic mass is 9.55. The number of benzene rings is 4. The summed E-state index contributed by atoms with van der Waals surface area (Å²) in [4.78, 5) is 11.1. The molecule has 298 valence electrons. The third-order valence-electron chi connectivity index (χ3n) is 16.6. The lowest BCUT2D eigenvalue weighted by molar-refractivity contribution is 0.0466. The van der Waals surface area contributed by atoms with Crippen LogP contribution in [0.1, 0.15) is 112 Å². The van der Waals surface area contributed by atoms with Crippen molar-refractivity contribution in [2.24, 2.45) is 29.1 Å². The van der Waals surface area contributed by atoms with Crippen molar-refractivity contribution >= 4 is 16.7 Å². The quantitative estimate of drug-likeness (QED) is 0.178. The topological polar surface area (TPSA) is 25.8 Å². The van der Waals surface area contributed by atoms with Gasteiger partial charge < -0.3 is 0 Å². The van der Waals surface area contributed by atoms with Crippen LogP contribution in [0.5, 0.6) is 0 Å². The molecule has 3 fully saturated rings. The van der Waals surface area contributed by atoms with Gasteiger partial charge in [-0.1, -0.05) is 190 Å². The van der Waals surface area contributed by atoms with E-state index in [0.29, 0.717) is 22.7 Å². The number of aromatic nitrogens is 2. The molecule has 4 aromatic carbocycles. The van der Waals surface area contributed by atoms with Crippen LogP contribution in [-0.4, -0.2) is 9.97 Å². The van der Waals surface area contributed by atoms with Crippen molar-refractivity contribution in [2.75, 3.05) is 0 Å². The van der Waals surface area contributed by atoms with Crippen molar-refractivity contribution < 1.29 is 0 Å². The Morgan fingerprint density at radius 1 is 0.517 bits per heavy atom. The monoisotopic (exact) mass is 780 g/mol. The molecular formula is C58H56N2. The van der Waals surface area contributed by atoms with Crippen molar-refractivity contribution in [3.63, 3.8) is 0 Å². The highest BCUT2D eigenvalue weighted by Gasteiger charge is 2.61. The SMILES string of the molecule is C1=CCC2C(=C1)C1C=C3c4ccc(C5=CC=C(c6nc(-c7ccccc7)c(-c7ccccc7)nc6-c6ccccc6)CC5)cc4C4(CCCCC4)C3CC1C21CCCCC1. The maximum Gasteiger partial charge on any atom is 0.0973 e. The molecule has 3 saturated carbocycles. The number of hydrogen-bond acceptors (Lipinski definition) is 2. The highest BCUT2D eigenvalue weighted by molar-refractivity contribution is 5.88. The molecule has 7 aliphatic rings. The molecule has 0 aliphatic heterocycles. The lowest BCUT2D eigenvalue weighted by Crippen LogP contribution is -2.42. The molecule has 2 nitrogen and oxygen atoms in total. The molecule has 2 heteroatoms. The molecule has 0 N–H and O–H groups in total. The van der Waals surface area contributed by atoms with Gasteiger partial charge in [-0.2, -0.15) is 0 Å². The molecule has 7 aliphatic carbocycles. The predicted octanol–water partition coefficient (Wildman–Crippen LogP) is 15.1. The van der Waals surface area contributed by atoms with Gasteiger partial charge in [0.25, 0.3) is 0 Å². The Kier molecular flexibility index (Phi) is 8.94. The fourth-order valence-corrected chi connectivity index (χ4v) is 13.9. The fraction of sp³-hybridized carbons (Fsp3) is 0.345. The van der Waals surface area contributed by atoms with E-state index in [2.05, 4.69) is 146 Å². The predicted molar refractivity (Wildman–Crippen MR) is 249 cm³/mol. The second-order valence-electron chi connectivity index (χ2n) is 19.3. The summed E-state index contributed by atoms with van der Waals surface area (Å²) in [6.45, 7) is 0. The van der Waals surface area contributed by atoms with E-state index < -0.39 is 0 Å². The lowest BCUT2D eigenvalue weighted by Gasteiger charge is -2.49. The Bertz CT molecular complexity index is 2610. The molecule has 0 amide bonds. The van der Waals surface area contributed by atoms with Crippen LogP contribution in [-0.2, 0) is 5.41 Å². The third kappa shape index (κ3) is 5.73. The average molecular weight is 781 g/mol. The van der Waals surface area contributed by atoms with Crippen molar-refractivity contribution in [1.82, 2.24) is 9.97 Å². The van der Waals surface area contributed by atoms with E-state index in [9.17, 15) is 0 Å². The summed E-state index contributed by atoms with van der Waals surface area (Å²) in [6.07, 6.45) is 33.8. The van der Waals surface area contributed by atoms with Gasteiger partial charge in [0.05, 0.1) is 22.8 Å². The summed E-state index contributed by atoms with van der Waals surface area (Å²) in [6, 6.07) is 39.6. The first-order chi connectivity index (χ1) is 29.7. The van der Waals surface area contributed by atoms with E-state index >= 15 is 0 Å². The van der Waals surface area contributed by atoms with Crippen molar-refractivity contribution in [3.05, 3.63) is 174 Å². The Balaban J connectivity index is 0.941. The largest absolute Gasteiger partial charge is 0.244 e. The number of fused-ring (bicyclic) bond motifs is 10. The zero-order valence-corrected chi connectivity index (χ0v) is 35.0. The minimum absolute atomic E-state index is 0.293. The van der Waals surface area contributed by atoms with Crippen molar-refractivity contribution in [1.29, 1.82) is 0 Å². The Morgan fingerprint density at radius 3 is 1.73 bits per heavy atom. The first kappa shape index (κ1) is 36.5. The van der Waals surface area contributed by atoms with Crippen LogP contribution in [0.4, 0.5) is 0 Å². The van der Waals surface area contributed by atoms with Crippen LogP contribution in [0.3, 0.4) is 0 Å². The van der Waals surface area contributed by atoms with Gasteiger partial charge in [-0.25, -0.2) is 9.97 Å². The molecule has 2 spiro atoms. The molecule has 60 heavy (non-hydrogen) atoms. The molecule has 0 bridgehead atoms. The smallest absolute Gasteiger partial charge is 0.0973 e. The molecule has 5 aromatic rings. The van der Waals surface area contributed by atoms with Gasteiger partial charge in [0.2, 0.25) is 0 Å². The first-order valence-electron chi connectivity index (χ1n) is 23.4. The van der Waals surface area contributed by atoms with Crippen molar-refractivity contribution in [2.45, 2.75) is 95.3 Å². The standard InChI is InChI=1S/C58H56N2/c1-6-18-40(19-7-1)53-54(41-20-8-2-9-21-41)60-56(55(59-53)42-22-10-3-11-23-42)43-28-26-39(27-29-43)44-30-31-46-48-37-47-45-24-12-13-25-49(45)57(32-14-4-15-33-57)51(47)38-52(48)58(50(46)36-44)34-16-5-17-35-58/h1-3,6-13,18-24,26,28,30-31,36-37,47,49,51-52H,4-5,14-17,25,27,29,32-35,38H2. The molecule has 4 atom stereocenters. The van der Waals surface area contributed by atoms with Crippen LogP contribution in [0.2, 0.25) is 0 Å². The normalized spacial score (nSPS) is 25.7. The van der Waals surface area contributed by atoms with Gasteiger partial charge >= 0.3 is 0 Å². The average Bonchev–Trinajstić information content (AvgIpc) is 3.73. The zero-order chi connectivity index (χ0) is 39.7. The van der Waals surface area contributed by atoms with Crippen LogP contribution in [0, 0.1) is 29.1 Å². The molecule has 4 unspecified atom stereocenters. The molecule has 0 saturated heterocycles. The van der Waals surface area contributed by atoms with Crippen molar-refractivity contribution in [3.8, 4) is 33.8 Å². The molecule has 1 heterocycles. The van der Waals surface area contributed by atoms with Crippen LogP contribution in [0.15, 0.2) is 151 Å². The highest BCUT2D eigenvalue weighted by atomic mass is 14.9. The molecule has 0 radical (unpaired) electrons. The Hall–Kier alpha value is -5.34. The number of hydrogen-bond donors (Lipinski definition) is 0. The maximum atomic E-state index is 5.57. The maximum absolute atomic E-state index is 5.57. The third-order valence-corrected chi connectivity index (χ3v) is 16.6. The summed E-state index contributed by atoms with van der Waals surface area (Å²) in [5.74, 6) is 2.90. The van der Waals surface area contributed by atoms with Gasteiger partial charge in [0.15, 0.2) is 0 Å². The summed E-state index contributed by atoms with van der Waals surface area (Å²) < 4.78 is 0. The Labute approximate surface area is 357 Å². The highest BCUT2D eigenvalue weighted by Crippen LogP contribution is 2.70. The van der Waals surface area contributed by atoms with Crippen LogP contribution in [0.25, 0.3) is 50.5 Å². The van der Waals surface area contributed by atoms with E-state index in [-0.39, 0.29) is 0 Å². The summed E-state index contributed by atoms with van der Waals surface area (Å²) in [5.41, 5.74) is 18.8. The summed E-state index contributed by atoms with van der Waals surface area (Å²) in [7, 11) is 0. The van der Waals surface area contributed by atoms with Gasteiger partial charge in [-0.3, -0.25) is 0 Å². The van der Waals surface area contributed by atoms with Gasteiger partial charge in [0, 0.05) is 28.0 Å². The number of rotatable bonds is 5. The summed E-state index contributed by atoms with van der Waals surface area (Å²) >= 11 is 0. The molecule has 12 rings (SSSR count). The van der Waals surface area contributed by atoms with Crippen LogP contribution >= 0.6 is 0 Å².